The maximum absolute atomic E-state index is 13.7. The molecule has 0 saturated heterocycles. The quantitative estimate of drug-likeness (QED) is 0.0383. The maximum Gasteiger partial charge on any atom is 0.415 e. The van der Waals surface area contributed by atoms with E-state index in [9.17, 15) is 54.8 Å². The van der Waals surface area contributed by atoms with E-state index < -0.39 is 23.5 Å². The number of carbonyl (C=O) groups excluding carboxylic acids is 4. The lowest BCUT2D eigenvalue weighted by Crippen LogP contribution is -2.58. The van der Waals surface area contributed by atoms with Gasteiger partial charge in [-0.15, -0.1) is 11.3 Å². The highest BCUT2D eigenvalue weighted by molar-refractivity contribution is 7.19. The minimum Gasteiger partial charge on any atom is -0.507 e. The van der Waals surface area contributed by atoms with Crippen LogP contribution in [0.5, 0.6) is 17.2 Å². The Morgan fingerprint density at radius 1 is 0.923 bits per heavy atom. The summed E-state index contributed by atoms with van der Waals surface area (Å²) in [4.78, 5) is 73.1. The van der Waals surface area contributed by atoms with Crippen LogP contribution < -0.4 is 25.8 Å². The van der Waals surface area contributed by atoms with Gasteiger partial charge in [0.1, 0.15) is 29.4 Å². The third-order valence-corrected chi connectivity index (χ3v) is 20.1. The Balaban J connectivity index is 0.853. The van der Waals surface area contributed by atoms with Crippen molar-refractivity contribution in [3.05, 3.63) is 44.8 Å². The molecule has 4 amide bonds. The van der Waals surface area contributed by atoms with Crippen molar-refractivity contribution in [2.45, 2.75) is 168 Å². The van der Waals surface area contributed by atoms with Gasteiger partial charge in [0.25, 0.3) is 0 Å². The van der Waals surface area contributed by atoms with Crippen molar-refractivity contribution < 1.29 is 54.2 Å². The Labute approximate surface area is 463 Å². The van der Waals surface area contributed by atoms with E-state index in [1.54, 1.807) is 46.0 Å². The Morgan fingerprint density at radius 2 is 1.64 bits per heavy atom. The van der Waals surface area contributed by atoms with Gasteiger partial charge in [-0.2, -0.15) is 5.26 Å². The molecule has 0 aliphatic heterocycles. The molecule has 0 radical (unpaired) electrons. The fourth-order valence-electron chi connectivity index (χ4n) is 14.6. The van der Waals surface area contributed by atoms with Crippen LogP contribution in [0.25, 0.3) is 23.4 Å². The zero-order chi connectivity index (χ0) is 57.0. The third-order valence-electron chi connectivity index (χ3n) is 19.2. The molecule has 3 aromatic rings. The molecule has 11 atom stereocenters. The Morgan fingerprint density at radius 3 is 2.36 bits per heavy atom. The van der Waals surface area contributed by atoms with Crippen molar-refractivity contribution in [3.8, 4) is 23.3 Å². The predicted molar refractivity (Wildman–Crippen MR) is 299 cm³/mol. The smallest absolute Gasteiger partial charge is 0.415 e. The number of nitrogens with zero attached hydrogens (tertiary/aromatic N) is 4. The van der Waals surface area contributed by atoms with E-state index in [2.05, 4.69) is 49.5 Å². The fourth-order valence-corrected chi connectivity index (χ4v) is 15.4. The van der Waals surface area contributed by atoms with Gasteiger partial charge < -0.3 is 50.7 Å². The molecule has 2 aromatic carbocycles. The van der Waals surface area contributed by atoms with Crippen LogP contribution in [0.1, 0.15) is 153 Å². The number of unbranched alkanes of at least 4 members (excludes halogenated alkanes) is 1. The number of fused-ring (bicyclic) bond motifs is 6. The number of rotatable bonds is 22. The van der Waals surface area contributed by atoms with Gasteiger partial charge >= 0.3 is 12.1 Å². The highest BCUT2D eigenvalue weighted by Crippen LogP contribution is 2.68. The zero-order valence-corrected chi connectivity index (χ0v) is 47.7. The average molecular weight is 1100 g/mol. The van der Waals surface area contributed by atoms with Gasteiger partial charge in [0.2, 0.25) is 17.7 Å². The molecular weight excluding hydrogens is 1010 g/mol. The number of hydrogen-bond donors (Lipinski definition) is 7. The monoisotopic (exact) mass is 1100 g/mol. The topological polar surface area (TPSA) is 263 Å². The molecule has 4 saturated carbocycles. The summed E-state index contributed by atoms with van der Waals surface area (Å²) in [7, 11) is 1.59. The van der Waals surface area contributed by atoms with Gasteiger partial charge in [0.15, 0.2) is 5.01 Å². The van der Waals surface area contributed by atoms with E-state index in [4.69, 9.17) is 4.74 Å². The molecule has 17 nitrogen and oxygen atoms in total. The fraction of sp³-hybridized carbons (Fsp3) is 0.650. The minimum atomic E-state index is -1.11. The van der Waals surface area contributed by atoms with Crippen LogP contribution >= 0.6 is 11.3 Å². The summed E-state index contributed by atoms with van der Waals surface area (Å²) in [6.07, 6.45) is 8.69. The first-order chi connectivity index (χ1) is 36.8. The van der Waals surface area contributed by atoms with E-state index in [1.165, 1.54) is 9.80 Å². The number of ether oxygens (including phenoxy) is 1. The number of thiazole rings is 1. The van der Waals surface area contributed by atoms with Crippen molar-refractivity contribution in [2.75, 3.05) is 33.2 Å². The van der Waals surface area contributed by atoms with Gasteiger partial charge in [0.05, 0.1) is 22.4 Å². The van der Waals surface area contributed by atoms with E-state index in [-0.39, 0.29) is 144 Å². The summed E-state index contributed by atoms with van der Waals surface area (Å²) in [5.41, 5.74) is 0.564. The second kappa shape index (κ2) is 24.7. The average Bonchev–Trinajstić information content (AvgIpc) is 4.16. The Bertz CT molecular complexity index is 2870. The van der Waals surface area contributed by atoms with Crippen LogP contribution in [0.2, 0.25) is 0 Å². The number of aromatic hydroxyl groups is 2. The number of aromatic nitrogens is 1. The lowest BCUT2D eigenvalue weighted by Gasteiger charge is -2.62. The van der Waals surface area contributed by atoms with Gasteiger partial charge in [-0.3, -0.25) is 14.4 Å². The van der Waals surface area contributed by atoms with E-state index >= 15 is 0 Å². The second-order valence-electron chi connectivity index (χ2n) is 24.5. The second-order valence-corrected chi connectivity index (χ2v) is 25.6. The standard InChI is InChI=1S/C60H84N6O11S/c1-34(41-17-18-42-52-43(22-24-60(41,42)8)59(7)23-21-39(67)29-38(59)30-46(52)68)15-20-49(70)63-45(56(74)75)13-10-11-25-62-48(69)14-12-26-66(57(76)77-40-16-19-44-47(31-40)78-50(33-61)64-44)28-27-65(9)51(71)32-58(5,6)53-37(4)54(72)35(2)36(3)55(53)73/h16,19,31,34,38-39,41-43,45-46,52,67-68,72-73H,3-4,10-15,17-18,20-30,32H2,1-2,5-9H3,(H,62,69)(H,63,70)(H,74,75)/t34-,38+,39-,41-,42+,43+,45?,46+,52+,59+,60-/m1/s1. The number of aliphatic hydroxyl groups is 2. The Kier molecular flexibility index (Phi) is 19.0. The number of likely N-dealkylation sites (N-methyl/N-ethyl adjacent to an activating group) is 1. The summed E-state index contributed by atoms with van der Waals surface area (Å²) in [5.74, 6) is 0.221. The molecule has 1 unspecified atom stereocenters. The first-order valence-electron chi connectivity index (χ1n) is 28.2. The third kappa shape index (κ3) is 12.9. The summed E-state index contributed by atoms with van der Waals surface area (Å²) in [5, 5.41) is 69.5. The molecule has 1 heterocycles. The number of phenolic OH excluding ortho intramolecular Hbond substituents is 2. The molecule has 0 bridgehead atoms. The van der Waals surface area contributed by atoms with Crippen LogP contribution in [0.4, 0.5) is 4.79 Å². The number of aliphatic hydroxyl groups excluding tert-OH is 2. The first kappa shape index (κ1) is 59.9. The number of phenols is 2. The molecule has 7 rings (SSSR count). The molecule has 1 aromatic heterocycles. The SMILES string of the molecule is C=c1c(C)c(O)c(=C)c(C(C)(C)CC(=O)N(C)CCN(CCCC(=O)NCCCCC(NC(=O)CC[C@@H](C)[C@H]2CC[C@H]3[C@@H]4[C@@H](O)C[C@@H]5C[C@H](O)CC[C@]5(C)[C@H]4CC[C@]23C)C(=O)O)C(=O)Oc2ccc3nc(C#N)sc3c2)c1O. The van der Waals surface area contributed by atoms with Gasteiger partial charge in [-0.25, -0.2) is 14.6 Å². The van der Waals surface area contributed by atoms with Gasteiger partial charge in [-0.1, -0.05) is 47.8 Å². The molecular formula is C60H84N6O11S. The van der Waals surface area contributed by atoms with Crippen LogP contribution in [0, 0.1) is 64.6 Å². The Hall–Kier alpha value is -5.77. The number of nitrogens with one attached hydrogen (secondary N) is 2. The predicted octanol–water partition coefficient (Wildman–Crippen LogP) is 7.38. The zero-order valence-electron chi connectivity index (χ0n) is 46.9. The number of carboxylic acids is 1. The molecule has 426 valence electrons. The number of carboxylic acid groups (broad SMARTS) is 1. The first-order valence-corrected chi connectivity index (χ1v) is 29.0. The van der Waals surface area contributed by atoms with E-state index in [0.29, 0.717) is 64.3 Å². The van der Waals surface area contributed by atoms with Crippen LogP contribution in [0.15, 0.2) is 18.2 Å². The lowest BCUT2D eigenvalue weighted by molar-refractivity contribution is -0.174. The van der Waals surface area contributed by atoms with Gasteiger partial charge in [0, 0.05) is 85.5 Å². The van der Waals surface area contributed by atoms with Crippen molar-refractivity contribution in [2.24, 2.45) is 46.3 Å². The molecule has 4 fully saturated rings. The molecule has 7 N–H and O–H groups in total. The largest absolute Gasteiger partial charge is 0.507 e. The molecule has 78 heavy (non-hydrogen) atoms. The summed E-state index contributed by atoms with van der Waals surface area (Å²) in [6, 6.07) is 5.80. The number of benzene rings is 2. The van der Waals surface area contributed by atoms with Crippen LogP contribution in [-0.2, 0) is 24.6 Å². The van der Waals surface area contributed by atoms with Crippen molar-refractivity contribution in [1.82, 2.24) is 25.4 Å². The highest BCUT2D eigenvalue weighted by Gasteiger charge is 2.63. The molecule has 4 aliphatic carbocycles. The molecule has 0 spiro atoms. The number of aliphatic carboxylic acids is 1. The summed E-state index contributed by atoms with van der Waals surface area (Å²) < 4.78 is 6.42. The van der Waals surface area contributed by atoms with E-state index in [1.807, 2.05) is 6.07 Å². The van der Waals surface area contributed by atoms with E-state index in [0.717, 1.165) is 62.7 Å². The summed E-state index contributed by atoms with van der Waals surface area (Å²) in [6.45, 7) is 20.6. The lowest BCUT2D eigenvalue weighted by atomic mass is 9.43. The number of hydrogen-bond acceptors (Lipinski definition) is 13. The van der Waals surface area contributed by atoms with Crippen molar-refractivity contribution in [3.63, 3.8) is 0 Å². The number of nitriles is 1. The van der Waals surface area contributed by atoms with Crippen molar-refractivity contribution >= 4 is 64.5 Å². The minimum absolute atomic E-state index is 0.0474. The summed E-state index contributed by atoms with van der Waals surface area (Å²) >= 11 is 1.16. The molecule has 4 aliphatic rings. The van der Waals surface area contributed by atoms with Crippen LogP contribution in [0.3, 0.4) is 0 Å². The maximum atomic E-state index is 13.7. The molecule has 18 heteroatoms. The number of amides is 4. The highest BCUT2D eigenvalue weighted by atomic mass is 32.1. The number of carbonyl (C=O) groups is 5. The van der Waals surface area contributed by atoms with Crippen molar-refractivity contribution in [1.29, 1.82) is 5.26 Å². The van der Waals surface area contributed by atoms with Crippen LogP contribution in [-0.4, -0.2) is 122 Å². The normalized spacial score (nSPS) is 26.3. The van der Waals surface area contributed by atoms with Gasteiger partial charge in [-0.05, 0) is 149 Å².